The van der Waals surface area contributed by atoms with Crippen LogP contribution in [0.15, 0.2) is 89.0 Å². The molecule has 1 aromatic heterocycles. The number of halogens is 2. The molecule has 6 nitrogen and oxygen atoms in total. The zero-order chi connectivity index (χ0) is 23.8. The number of urea groups is 1. The number of benzene rings is 3. The van der Waals surface area contributed by atoms with Gasteiger partial charge in [-0.15, -0.1) is 0 Å². The second-order valence-electron chi connectivity index (χ2n) is 7.79. The highest BCUT2D eigenvalue weighted by Gasteiger charge is 2.37. The highest BCUT2D eigenvalue weighted by molar-refractivity contribution is 9.10. The zero-order valence-electron chi connectivity index (χ0n) is 17.7. The Hall–Kier alpha value is -3.68. The molecule has 1 aliphatic rings. The van der Waals surface area contributed by atoms with Gasteiger partial charge < -0.3 is 4.57 Å². The van der Waals surface area contributed by atoms with Gasteiger partial charge in [0.2, 0.25) is 0 Å². The van der Waals surface area contributed by atoms with Gasteiger partial charge in [-0.1, -0.05) is 57.9 Å². The number of para-hydroxylation sites is 1. The molecule has 0 bridgehead atoms. The van der Waals surface area contributed by atoms with Crippen LogP contribution < -0.4 is 10.2 Å². The van der Waals surface area contributed by atoms with Gasteiger partial charge in [0.1, 0.15) is 5.57 Å². The Labute approximate surface area is 208 Å². The Morgan fingerprint density at radius 3 is 2.35 bits per heavy atom. The van der Waals surface area contributed by atoms with Crippen LogP contribution >= 0.6 is 27.5 Å². The van der Waals surface area contributed by atoms with Crippen LogP contribution in [0.25, 0.3) is 17.0 Å². The molecular weight excluding hydrogens is 518 g/mol. The minimum absolute atomic E-state index is 0.114. The summed E-state index contributed by atoms with van der Waals surface area (Å²) in [7, 11) is 0. The van der Waals surface area contributed by atoms with Crippen LogP contribution in [0.2, 0.25) is 5.02 Å². The fourth-order valence-electron chi connectivity index (χ4n) is 3.95. The van der Waals surface area contributed by atoms with Crippen molar-refractivity contribution in [2.45, 2.75) is 6.54 Å². The van der Waals surface area contributed by atoms with E-state index >= 15 is 0 Å². The first-order valence-electron chi connectivity index (χ1n) is 10.4. The fraction of sp³-hybridized carbons (Fsp3) is 0.0385. The maximum Gasteiger partial charge on any atom is 0.335 e. The van der Waals surface area contributed by atoms with E-state index in [1.807, 2.05) is 59.3 Å². The summed E-state index contributed by atoms with van der Waals surface area (Å²) in [5.41, 5.74) is 2.97. The number of amides is 4. The van der Waals surface area contributed by atoms with E-state index in [4.69, 9.17) is 11.6 Å². The number of carbonyl (C=O) groups is 3. The molecule has 34 heavy (non-hydrogen) atoms. The summed E-state index contributed by atoms with van der Waals surface area (Å²) in [5.74, 6) is -1.40. The highest BCUT2D eigenvalue weighted by atomic mass is 79.9. The predicted octanol–water partition coefficient (Wildman–Crippen LogP) is 5.77. The Morgan fingerprint density at radius 1 is 0.912 bits per heavy atom. The molecule has 1 aliphatic heterocycles. The van der Waals surface area contributed by atoms with Crippen molar-refractivity contribution >= 4 is 68.0 Å². The third kappa shape index (κ3) is 4.16. The Kier molecular flexibility index (Phi) is 5.81. The van der Waals surface area contributed by atoms with E-state index in [0.717, 1.165) is 25.8 Å². The number of rotatable bonds is 4. The standard InChI is InChI=1S/C26H17BrClN3O3/c27-18-7-11-20(12-8-18)31-25(33)22(24(32)29-26(31)34)13-17-15-30(23-4-2-1-3-21(17)23)14-16-5-9-19(28)10-6-16/h1-13,15H,14H2,(H,29,32,34). The third-order valence-electron chi connectivity index (χ3n) is 5.57. The number of hydrogen-bond acceptors (Lipinski definition) is 3. The van der Waals surface area contributed by atoms with Gasteiger partial charge in [-0.2, -0.15) is 0 Å². The van der Waals surface area contributed by atoms with E-state index in [2.05, 4.69) is 21.2 Å². The van der Waals surface area contributed by atoms with Crippen LogP contribution in [0.3, 0.4) is 0 Å². The lowest BCUT2D eigenvalue weighted by Gasteiger charge is -2.26. The van der Waals surface area contributed by atoms with E-state index in [9.17, 15) is 14.4 Å². The van der Waals surface area contributed by atoms with Gasteiger partial charge in [-0.05, 0) is 54.1 Å². The largest absolute Gasteiger partial charge is 0.342 e. The molecule has 1 N–H and O–H groups in total. The average Bonchev–Trinajstić information content (AvgIpc) is 3.16. The zero-order valence-corrected chi connectivity index (χ0v) is 20.0. The number of nitrogens with zero attached hydrogens (tertiary/aromatic N) is 2. The van der Waals surface area contributed by atoms with Gasteiger partial charge in [-0.3, -0.25) is 14.9 Å². The number of imide groups is 2. The molecule has 0 spiro atoms. The number of aromatic nitrogens is 1. The van der Waals surface area contributed by atoms with E-state index in [0.29, 0.717) is 22.8 Å². The lowest BCUT2D eigenvalue weighted by atomic mass is 10.1. The topological polar surface area (TPSA) is 71.4 Å². The smallest absolute Gasteiger partial charge is 0.335 e. The van der Waals surface area contributed by atoms with Crippen molar-refractivity contribution in [1.82, 2.24) is 9.88 Å². The van der Waals surface area contributed by atoms with Gasteiger partial charge in [-0.25, -0.2) is 9.69 Å². The van der Waals surface area contributed by atoms with Crippen molar-refractivity contribution in [2.24, 2.45) is 0 Å². The van der Waals surface area contributed by atoms with Crippen molar-refractivity contribution in [3.05, 3.63) is 105 Å². The average molecular weight is 535 g/mol. The van der Waals surface area contributed by atoms with Crippen LogP contribution in [0.5, 0.6) is 0 Å². The summed E-state index contributed by atoms with van der Waals surface area (Å²) in [6.07, 6.45) is 3.43. The van der Waals surface area contributed by atoms with Crippen LogP contribution in [0.4, 0.5) is 10.5 Å². The maximum absolute atomic E-state index is 13.2. The molecule has 168 valence electrons. The van der Waals surface area contributed by atoms with Gasteiger partial charge >= 0.3 is 6.03 Å². The van der Waals surface area contributed by atoms with E-state index in [1.54, 1.807) is 24.3 Å². The van der Waals surface area contributed by atoms with Crippen LogP contribution in [-0.2, 0) is 16.1 Å². The van der Waals surface area contributed by atoms with Crippen molar-refractivity contribution in [3.63, 3.8) is 0 Å². The second-order valence-corrected chi connectivity index (χ2v) is 9.14. The SMILES string of the molecule is O=C1NC(=O)N(c2ccc(Br)cc2)C(=O)C1=Cc1cn(Cc2ccc(Cl)cc2)c2ccccc12. The molecule has 2 heterocycles. The lowest BCUT2D eigenvalue weighted by Crippen LogP contribution is -2.54. The molecule has 8 heteroatoms. The fourth-order valence-corrected chi connectivity index (χ4v) is 4.34. The maximum atomic E-state index is 13.2. The quantitative estimate of drug-likeness (QED) is 0.267. The minimum Gasteiger partial charge on any atom is -0.342 e. The number of fused-ring (bicyclic) bond motifs is 1. The summed E-state index contributed by atoms with van der Waals surface area (Å²) in [4.78, 5) is 39.3. The second kappa shape index (κ2) is 8.93. The van der Waals surface area contributed by atoms with E-state index in [1.165, 1.54) is 6.08 Å². The Balaban J connectivity index is 1.56. The molecule has 1 fully saturated rings. The van der Waals surface area contributed by atoms with Crippen LogP contribution in [0, 0.1) is 0 Å². The molecule has 0 atom stereocenters. The molecule has 5 rings (SSSR count). The molecule has 4 amide bonds. The Morgan fingerprint density at radius 2 is 1.62 bits per heavy atom. The van der Waals surface area contributed by atoms with Gasteiger partial charge in [0, 0.05) is 38.7 Å². The lowest BCUT2D eigenvalue weighted by molar-refractivity contribution is -0.122. The first-order chi connectivity index (χ1) is 16.4. The summed E-state index contributed by atoms with van der Waals surface area (Å²) in [6.45, 7) is 0.588. The summed E-state index contributed by atoms with van der Waals surface area (Å²) in [5, 5.41) is 3.82. The number of nitrogens with one attached hydrogen (secondary N) is 1. The molecular formula is C26H17BrClN3O3. The number of carbonyl (C=O) groups excluding carboxylic acids is 3. The van der Waals surface area contributed by atoms with Crippen LogP contribution in [0.1, 0.15) is 11.1 Å². The van der Waals surface area contributed by atoms with Crippen molar-refractivity contribution in [3.8, 4) is 0 Å². The molecule has 0 unspecified atom stereocenters. The van der Waals surface area contributed by atoms with Crippen molar-refractivity contribution in [2.75, 3.05) is 4.90 Å². The molecule has 4 aromatic rings. The summed E-state index contributed by atoms with van der Waals surface area (Å²) in [6, 6.07) is 21.3. The molecule has 1 saturated heterocycles. The first-order valence-corrected chi connectivity index (χ1v) is 11.6. The highest BCUT2D eigenvalue weighted by Crippen LogP contribution is 2.28. The predicted molar refractivity (Wildman–Crippen MR) is 136 cm³/mol. The first kappa shape index (κ1) is 22.1. The van der Waals surface area contributed by atoms with Gasteiger partial charge in [0.25, 0.3) is 11.8 Å². The number of anilines is 1. The van der Waals surface area contributed by atoms with Gasteiger partial charge in [0.15, 0.2) is 0 Å². The molecule has 0 aliphatic carbocycles. The van der Waals surface area contributed by atoms with Crippen molar-refractivity contribution in [1.29, 1.82) is 0 Å². The van der Waals surface area contributed by atoms with Crippen molar-refractivity contribution < 1.29 is 14.4 Å². The Bertz CT molecular complexity index is 1470. The van der Waals surface area contributed by atoms with Crippen LogP contribution in [-0.4, -0.2) is 22.4 Å². The molecule has 0 radical (unpaired) electrons. The van der Waals surface area contributed by atoms with Gasteiger partial charge in [0.05, 0.1) is 5.69 Å². The normalized spacial score (nSPS) is 15.3. The monoisotopic (exact) mass is 533 g/mol. The minimum atomic E-state index is -0.778. The molecule has 3 aromatic carbocycles. The summed E-state index contributed by atoms with van der Waals surface area (Å²) >= 11 is 9.35. The van der Waals surface area contributed by atoms with E-state index in [-0.39, 0.29) is 5.57 Å². The molecule has 0 saturated carbocycles. The number of hydrogen-bond donors (Lipinski definition) is 1. The third-order valence-corrected chi connectivity index (χ3v) is 6.35. The number of barbiturate groups is 1. The summed E-state index contributed by atoms with van der Waals surface area (Å²) < 4.78 is 2.86. The van der Waals surface area contributed by atoms with E-state index < -0.39 is 17.8 Å².